The molecule has 0 aliphatic carbocycles. The Labute approximate surface area is 524 Å². The second-order valence-corrected chi connectivity index (χ2v) is 25.1. The molecule has 9 rings (SSSR count). The summed E-state index contributed by atoms with van der Waals surface area (Å²) in [5, 5.41) is 20.9. The molecule has 0 spiro atoms. The number of aliphatic carboxylic acids is 1. The third-order valence-electron chi connectivity index (χ3n) is 14.9. The van der Waals surface area contributed by atoms with Gasteiger partial charge in [-0.2, -0.15) is 14.0 Å². The molecule has 0 aliphatic heterocycles. The maximum absolute atomic E-state index is 11.5. The molecule has 14 heteroatoms. The van der Waals surface area contributed by atoms with E-state index in [-0.39, 0.29) is 5.57 Å². The van der Waals surface area contributed by atoms with Gasteiger partial charge in [0.1, 0.15) is 22.7 Å². The fraction of sp³-hybridized carbons (Fsp3) is 0.333. The molecule has 3 heterocycles. The Balaban J connectivity index is 1.00. The highest BCUT2D eigenvalue weighted by Crippen LogP contribution is 2.45. The highest BCUT2D eigenvalue weighted by Gasteiger charge is 2.20. The average molecular weight is 1220 g/mol. The van der Waals surface area contributed by atoms with E-state index in [1.165, 1.54) is 80.5 Å². The number of rotatable bonds is 35. The van der Waals surface area contributed by atoms with Gasteiger partial charge >= 0.3 is 5.97 Å². The summed E-state index contributed by atoms with van der Waals surface area (Å²) >= 11 is 5.98. The van der Waals surface area contributed by atoms with Crippen LogP contribution in [-0.4, -0.2) is 46.3 Å². The van der Waals surface area contributed by atoms with Crippen LogP contribution in [-0.2, 0) is 4.79 Å². The topological polar surface area (TPSA) is 127 Å². The summed E-state index contributed by atoms with van der Waals surface area (Å²) in [6.07, 6.45) is 19.6. The third-order valence-corrected chi connectivity index (χ3v) is 18.6. The zero-order chi connectivity index (χ0) is 59.9. The first-order valence-corrected chi connectivity index (χ1v) is 33.9. The maximum Gasteiger partial charge on any atom is 0.346 e. The van der Waals surface area contributed by atoms with E-state index >= 15 is 0 Å². The number of ether oxygens (including phenoxy) is 4. The van der Waals surface area contributed by atoms with Gasteiger partial charge in [-0.15, -0.1) is 22.7 Å². The molecular weight excluding hydrogens is 1150 g/mol. The van der Waals surface area contributed by atoms with Gasteiger partial charge in [0.2, 0.25) is 0 Å². The molecule has 9 aromatic rings. The van der Waals surface area contributed by atoms with E-state index in [9.17, 15) is 15.2 Å². The number of anilines is 3. The molecule has 0 fully saturated rings. The lowest BCUT2D eigenvalue weighted by Gasteiger charge is -2.26. The van der Waals surface area contributed by atoms with E-state index in [1.807, 2.05) is 12.1 Å². The second kappa shape index (κ2) is 32.9. The van der Waals surface area contributed by atoms with Gasteiger partial charge in [0.05, 0.1) is 38.2 Å². The third kappa shape index (κ3) is 17.2. The number of aromatic nitrogens is 2. The predicted octanol–water partition coefficient (Wildman–Crippen LogP) is 21.9. The van der Waals surface area contributed by atoms with Crippen LogP contribution in [0.3, 0.4) is 0 Å². The van der Waals surface area contributed by atoms with Gasteiger partial charge in [0.25, 0.3) is 0 Å². The zero-order valence-electron chi connectivity index (χ0n) is 50.0. The smallest absolute Gasteiger partial charge is 0.346 e. The molecule has 10 nitrogen and oxygen atoms in total. The number of nitrogens with zero attached hydrogens (tertiary/aromatic N) is 4. The number of hydrogen-bond donors (Lipinski definition) is 1. The lowest BCUT2D eigenvalue weighted by molar-refractivity contribution is -0.132. The number of nitriles is 1. The molecule has 86 heavy (non-hydrogen) atoms. The number of fused-ring (bicyclic) bond motifs is 1. The average Bonchev–Trinajstić information content (AvgIpc) is 2.68. The van der Waals surface area contributed by atoms with Gasteiger partial charge in [-0.3, -0.25) is 0 Å². The van der Waals surface area contributed by atoms with Crippen LogP contribution in [0.2, 0.25) is 0 Å². The quantitative estimate of drug-likeness (QED) is 0.0232. The summed E-state index contributed by atoms with van der Waals surface area (Å²) in [5.74, 6) is 1.95. The van der Waals surface area contributed by atoms with Crippen molar-refractivity contribution in [3.8, 4) is 72.2 Å². The van der Waals surface area contributed by atoms with Crippen LogP contribution in [0.5, 0.6) is 23.0 Å². The summed E-state index contributed by atoms with van der Waals surface area (Å²) in [7, 11) is 0. The van der Waals surface area contributed by atoms with E-state index in [4.69, 9.17) is 27.7 Å². The Morgan fingerprint density at radius 1 is 0.523 bits per heavy atom. The van der Waals surface area contributed by atoms with E-state index in [2.05, 4.69) is 165 Å². The number of carbonyl (C=O) groups is 1. The molecule has 446 valence electrons. The van der Waals surface area contributed by atoms with Crippen LogP contribution in [0.15, 0.2) is 160 Å². The standard InChI is InChI=1S/C72H78N4O6S4/c1-5-9-13-17-40-79-64-37-28-53(45-66(64)81-42-19-15-11-7-3)51-24-30-56(31-25-51)76(57-32-26-52(27-33-57)54-29-38-65(80-41-18-14-10-6-2)67(46-54)82-43-20-16-12-8-4)58-22-21-23-59(47-58)84-61-48-69(83-50-61)63-36-35-62(70-71(63)75-86-74-70)68-39-34-60(85-68)44-55(49-73)72(77)78/h21-39,44-48,50H,5-20,40-43H2,1-4H3,(H,77,78)/b55-44-. The van der Waals surface area contributed by atoms with Crippen molar-refractivity contribution in [1.29, 1.82) is 5.26 Å². The van der Waals surface area contributed by atoms with Crippen molar-refractivity contribution in [1.82, 2.24) is 8.75 Å². The molecule has 0 saturated heterocycles. The Bertz CT molecular complexity index is 3550. The minimum atomic E-state index is -1.25. The molecule has 0 unspecified atom stereocenters. The highest BCUT2D eigenvalue weighted by atomic mass is 32.2. The molecule has 0 amide bonds. The Morgan fingerprint density at radius 3 is 1.50 bits per heavy atom. The minimum Gasteiger partial charge on any atom is -0.490 e. The van der Waals surface area contributed by atoms with E-state index in [0.29, 0.717) is 31.3 Å². The fourth-order valence-corrected chi connectivity index (χ4v) is 13.7. The Morgan fingerprint density at radius 2 is 1.01 bits per heavy atom. The first-order valence-electron chi connectivity index (χ1n) is 30.6. The lowest BCUT2D eigenvalue weighted by Crippen LogP contribution is -2.10. The molecule has 1 N–H and O–H groups in total. The van der Waals surface area contributed by atoms with Gasteiger partial charge in [-0.1, -0.05) is 171 Å². The maximum atomic E-state index is 11.5. The van der Waals surface area contributed by atoms with Gasteiger partial charge in [-0.25, -0.2) is 4.79 Å². The van der Waals surface area contributed by atoms with Crippen molar-refractivity contribution >= 4 is 86.3 Å². The van der Waals surface area contributed by atoms with Crippen LogP contribution in [0, 0.1) is 11.3 Å². The zero-order valence-corrected chi connectivity index (χ0v) is 53.3. The molecule has 0 aliphatic rings. The molecule has 0 bridgehead atoms. The fourth-order valence-electron chi connectivity index (χ4n) is 10.2. The number of thiophene rings is 2. The summed E-state index contributed by atoms with van der Waals surface area (Å²) < 4.78 is 35.1. The van der Waals surface area contributed by atoms with Gasteiger partial charge in [0, 0.05) is 58.0 Å². The lowest BCUT2D eigenvalue weighted by atomic mass is 10.0. The van der Waals surface area contributed by atoms with Crippen molar-refractivity contribution < 1.29 is 28.8 Å². The SMILES string of the molecule is CCCCCCOc1ccc(-c2ccc(N(c3ccc(-c4ccc(OCCCCCC)c(OCCCCCC)c4)cc3)c3cccc(Sc4csc(-c5ccc(-c6ccc(/C=C(/C#N)C(=O)O)s6)c6nsnc56)c4)c3)cc2)cc1OCCCCCC. The second-order valence-electron chi connectivity index (χ2n) is 21.4. The predicted molar refractivity (Wildman–Crippen MR) is 360 cm³/mol. The molecule has 6 aromatic carbocycles. The van der Waals surface area contributed by atoms with Crippen molar-refractivity contribution in [2.45, 2.75) is 140 Å². The number of unbranched alkanes of at least 4 members (excludes halogenated alkanes) is 12. The molecule has 0 saturated carbocycles. The normalized spacial score (nSPS) is 11.5. The number of hydrogen-bond acceptors (Lipinski definition) is 13. The van der Waals surface area contributed by atoms with Crippen LogP contribution >= 0.6 is 46.2 Å². The van der Waals surface area contributed by atoms with Crippen LogP contribution < -0.4 is 23.8 Å². The summed E-state index contributed by atoms with van der Waals surface area (Å²) in [6, 6.07) is 51.0. The number of benzene rings is 6. The van der Waals surface area contributed by atoms with Crippen molar-refractivity contribution in [2.24, 2.45) is 0 Å². The first-order chi connectivity index (χ1) is 42.3. The number of carboxylic acids is 1. The van der Waals surface area contributed by atoms with E-state index in [1.54, 1.807) is 29.2 Å². The largest absolute Gasteiger partial charge is 0.490 e. The molecule has 0 radical (unpaired) electrons. The van der Waals surface area contributed by atoms with Gasteiger partial charge < -0.3 is 29.0 Å². The molecular formula is C72H78N4O6S4. The van der Waals surface area contributed by atoms with Crippen molar-refractivity contribution in [3.63, 3.8) is 0 Å². The molecule has 0 atom stereocenters. The van der Waals surface area contributed by atoms with Crippen LogP contribution in [0.1, 0.15) is 135 Å². The van der Waals surface area contributed by atoms with E-state index < -0.39 is 5.97 Å². The summed E-state index contributed by atoms with van der Waals surface area (Å²) in [6.45, 7) is 11.6. The number of carboxylic acid groups (broad SMARTS) is 1. The van der Waals surface area contributed by atoms with Crippen molar-refractivity contribution in [2.75, 3.05) is 31.3 Å². The Hall–Kier alpha value is -7.41. The van der Waals surface area contributed by atoms with Gasteiger partial charge in [0.15, 0.2) is 23.0 Å². The van der Waals surface area contributed by atoms with Crippen LogP contribution in [0.25, 0.3) is 60.2 Å². The Kier molecular flexibility index (Phi) is 24.2. The van der Waals surface area contributed by atoms with Crippen molar-refractivity contribution in [3.05, 3.63) is 155 Å². The first kappa shape index (κ1) is 63.1. The molecule has 3 aromatic heterocycles. The highest BCUT2D eigenvalue weighted by molar-refractivity contribution is 7.99. The van der Waals surface area contributed by atoms with E-state index in [0.717, 1.165) is 155 Å². The minimum absolute atomic E-state index is 0.310. The summed E-state index contributed by atoms with van der Waals surface area (Å²) in [4.78, 5) is 18.7. The summed E-state index contributed by atoms with van der Waals surface area (Å²) in [5.41, 5.74) is 10.6. The van der Waals surface area contributed by atoms with Crippen LogP contribution in [0.4, 0.5) is 17.1 Å². The monoisotopic (exact) mass is 1220 g/mol. The van der Waals surface area contributed by atoms with Gasteiger partial charge in [-0.05, 0) is 139 Å².